The molecule has 1 aliphatic heterocycles. The fraction of sp³-hybridized carbons (Fsp3) is 0.250. The van der Waals surface area contributed by atoms with Gasteiger partial charge >= 0.3 is 0 Å². The molecule has 0 spiro atoms. The number of nitrogens with one attached hydrogen (secondary N) is 1. The van der Waals surface area contributed by atoms with Gasteiger partial charge in [-0.1, -0.05) is 42.2 Å². The Morgan fingerprint density at radius 1 is 1.24 bits per heavy atom. The largest absolute Gasteiger partial charge is 0.497 e. The first-order chi connectivity index (χ1) is 16.4. The lowest BCUT2D eigenvalue weighted by atomic mass is 10.2. The van der Waals surface area contributed by atoms with Gasteiger partial charge in [0.15, 0.2) is 0 Å². The number of pyridine rings is 1. The Kier molecular flexibility index (Phi) is 7.30. The quantitative estimate of drug-likeness (QED) is 0.279. The highest BCUT2D eigenvalue weighted by Crippen LogP contribution is 2.34. The van der Waals surface area contributed by atoms with Gasteiger partial charge in [0.1, 0.15) is 21.5 Å². The van der Waals surface area contributed by atoms with Crippen LogP contribution in [0.4, 0.5) is 5.82 Å². The van der Waals surface area contributed by atoms with Gasteiger partial charge in [-0.2, -0.15) is 0 Å². The molecule has 1 amide bonds. The lowest BCUT2D eigenvalue weighted by molar-refractivity contribution is -0.122. The van der Waals surface area contributed by atoms with Crippen LogP contribution in [0, 0.1) is 6.92 Å². The molecule has 0 radical (unpaired) electrons. The molecule has 8 nitrogen and oxygen atoms in total. The van der Waals surface area contributed by atoms with E-state index in [4.69, 9.17) is 22.1 Å². The van der Waals surface area contributed by atoms with Gasteiger partial charge in [-0.25, -0.2) is 4.98 Å². The minimum atomic E-state index is -0.291. The van der Waals surface area contributed by atoms with Crippen molar-refractivity contribution in [2.45, 2.75) is 19.9 Å². The summed E-state index contributed by atoms with van der Waals surface area (Å²) in [5, 5.41) is 12.3. The SMILES string of the molecule is COc1ccc(CN2C(=O)/C(=C/c3c(NCCCO)nc4c(C)cccn4c3=O)SC2=S)cc1. The fourth-order valence-corrected chi connectivity index (χ4v) is 4.78. The Balaban J connectivity index is 1.70. The Morgan fingerprint density at radius 3 is 2.71 bits per heavy atom. The Labute approximate surface area is 206 Å². The highest BCUT2D eigenvalue weighted by Gasteiger charge is 2.32. The molecular formula is C24H24N4O4S2. The van der Waals surface area contributed by atoms with Crippen LogP contribution < -0.4 is 15.6 Å². The molecule has 2 N–H and O–H groups in total. The molecule has 2 aromatic heterocycles. The number of thiocarbonyl (C=S) groups is 1. The van der Waals surface area contributed by atoms with E-state index >= 15 is 0 Å². The zero-order chi connectivity index (χ0) is 24.2. The van der Waals surface area contributed by atoms with Crippen molar-refractivity contribution in [1.82, 2.24) is 14.3 Å². The molecule has 0 unspecified atom stereocenters. The number of carbonyl (C=O) groups is 1. The van der Waals surface area contributed by atoms with Crippen LogP contribution in [0.25, 0.3) is 11.7 Å². The van der Waals surface area contributed by atoms with E-state index in [2.05, 4.69) is 10.3 Å². The normalized spacial score (nSPS) is 14.9. The second-order valence-corrected chi connectivity index (χ2v) is 9.36. The zero-order valence-corrected chi connectivity index (χ0v) is 20.4. The number of carbonyl (C=O) groups excluding carboxylic acids is 1. The Bertz CT molecular complexity index is 1340. The monoisotopic (exact) mass is 496 g/mol. The van der Waals surface area contributed by atoms with E-state index in [1.54, 1.807) is 25.4 Å². The summed E-state index contributed by atoms with van der Waals surface area (Å²) < 4.78 is 7.07. The molecule has 3 aromatic rings. The smallest absolute Gasteiger partial charge is 0.267 e. The van der Waals surface area contributed by atoms with E-state index < -0.39 is 0 Å². The average molecular weight is 497 g/mol. The first kappa shape index (κ1) is 23.9. The lowest BCUT2D eigenvalue weighted by Gasteiger charge is -2.15. The Hall–Kier alpha value is -3.21. The van der Waals surface area contributed by atoms with Crippen molar-refractivity contribution in [2.24, 2.45) is 0 Å². The number of aromatic nitrogens is 2. The van der Waals surface area contributed by atoms with Gasteiger partial charge < -0.3 is 15.2 Å². The summed E-state index contributed by atoms with van der Waals surface area (Å²) in [4.78, 5) is 33.1. The van der Waals surface area contributed by atoms with Crippen LogP contribution in [0.3, 0.4) is 0 Å². The predicted molar refractivity (Wildman–Crippen MR) is 138 cm³/mol. The number of fused-ring (bicyclic) bond motifs is 1. The molecular weight excluding hydrogens is 472 g/mol. The molecule has 1 fully saturated rings. The third-order valence-electron chi connectivity index (χ3n) is 5.36. The van der Waals surface area contributed by atoms with Crippen molar-refractivity contribution in [1.29, 1.82) is 0 Å². The van der Waals surface area contributed by atoms with E-state index in [0.717, 1.165) is 28.6 Å². The minimum Gasteiger partial charge on any atom is -0.497 e. The van der Waals surface area contributed by atoms with E-state index in [1.807, 2.05) is 37.3 Å². The minimum absolute atomic E-state index is 0.0118. The molecule has 4 rings (SSSR count). The number of aryl methyl sites for hydroxylation is 1. The zero-order valence-electron chi connectivity index (χ0n) is 18.8. The second kappa shape index (κ2) is 10.4. The van der Waals surface area contributed by atoms with Crippen LogP contribution in [-0.2, 0) is 11.3 Å². The van der Waals surface area contributed by atoms with Crippen LogP contribution in [0.1, 0.15) is 23.1 Å². The summed E-state index contributed by atoms with van der Waals surface area (Å²) in [6.07, 6.45) is 3.71. The van der Waals surface area contributed by atoms with Gasteiger partial charge in [-0.05, 0) is 48.7 Å². The predicted octanol–water partition coefficient (Wildman–Crippen LogP) is 3.21. The van der Waals surface area contributed by atoms with E-state index in [0.29, 0.717) is 40.2 Å². The van der Waals surface area contributed by atoms with Gasteiger partial charge in [0.05, 0.1) is 24.1 Å². The topological polar surface area (TPSA) is 96.2 Å². The summed E-state index contributed by atoms with van der Waals surface area (Å²) in [6, 6.07) is 11.1. The first-order valence-corrected chi connectivity index (χ1v) is 11.9. The number of aliphatic hydroxyl groups is 1. The second-order valence-electron chi connectivity index (χ2n) is 7.68. The molecule has 0 atom stereocenters. The maximum absolute atomic E-state index is 13.4. The molecule has 3 heterocycles. The number of methoxy groups -OCH3 is 1. The number of anilines is 1. The first-order valence-electron chi connectivity index (χ1n) is 10.7. The maximum atomic E-state index is 13.4. The molecule has 176 valence electrons. The van der Waals surface area contributed by atoms with Gasteiger partial charge in [-0.3, -0.25) is 18.9 Å². The van der Waals surface area contributed by atoms with Crippen LogP contribution in [0.2, 0.25) is 0 Å². The molecule has 0 aliphatic carbocycles. The number of amides is 1. The highest BCUT2D eigenvalue weighted by molar-refractivity contribution is 8.26. The summed E-state index contributed by atoms with van der Waals surface area (Å²) in [7, 11) is 1.60. The number of hydrogen-bond donors (Lipinski definition) is 2. The third-order valence-corrected chi connectivity index (χ3v) is 6.74. The van der Waals surface area contributed by atoms with Gasteiger partial charge in [0, 0.05) is 19.3 Å². The number of benzene rings is 1. The number of rotatable bonds is 8. The molecule has 10 heteroatoms. The van der Waals surface area contributed by atoms with Crippen LogP contribution in [-0.4, -0.2) is 49.9 Å². The Morgan fingerprint density at radius 2 is 2.00 bits per heavy atom. The number of hydrogen-bond acceptors (Lipinski definition) is 8. The van der Waals surface area contributed by atoms with Crippen molar-refractivity contribution < 1.29 is 14.6 Å². The highest BCUT2D eigenvalue weighted by atomic mass is 32.2. The van der Waals surface area contributed by atoms with Gasteiger partial charge in [0.2, 0.25) is 0 Å². The maximum Gasteiger partial charge on any atom is 0.267 e. The van der Waals surface area contributed by atoms with Crippen LogP contribution >= 0.6 is 24.0 Å². The fourth-order valence-electron chi connectivity index (χ4n) is 3.54. The third kappa shape index (κ3) is 4.84. The molecule has 0 saturated carbocycles. The standard InChI is InChI=1S/C24H24N4O4S2/c1-15-5-3-11-27-21(15)26-20(25-10-4-12-29)18(22(27)30)13-19-23(31)28(24(33)34-19)14-16-6-8-17(32-2)9-7-16/h3,5-9,11,13,25,29H,4,10,12,14H2,1-2H3/b19-13-. The van der Waals surface area contributed by atoms with Crippen LogP contribution in [0.5, 0.6) is 5.75 Å². The van der Waals surface area contributed by atoms with E-state index in [1.165, 1.54) is 9.30 Å². The van der Waals surface area contributed by atoms with Gasteiger partial charge in [0.25, 0.3) is 11.5 Å². The molecule has 0 bridgehead atoms. The number of aliphatic hydroxyl groups excluding tert-OH is 1. The average Bonchev–Trinajstić information content (AvgIpc) is 3.10. The van der Waals surface area contributed by atoms with Crippen molar-refractivity contribution in [3.63, 3.8) is 0 Å². The molecule has 1 saturated heterocycles. The van der Waals surface area contributed by atoms with Crippen molar-refractivity contribution >= 4 is 51.7 Å². The number of nitrogens with zero attached hydrogens (tertiary/aromatic N) is 3. The number of ether oxygens (including phenoxy) is 1. The summed E-state index contributed by atoms with van der Waals surface area (Å²) in [6.45, 7) is 2.65. The van der Waals surface area contributed by atoms with Crippen molar-refractivity contribution in [2.75, 3.05) is 25.6 Å². The van der Waals surface area contributed by atoms with Crippen molar-refractivity contribution in [3.05, 3.63) is 74.5 Å². The molecule has 1 aromatic carbocycles. The summed E-state index contributed by atoms with van der Waals surface area (Å²) in [5.41, 5.74) is 2.27. The lowest BCUT2D eigenvalue weighted by Crippen LogP contribution is -2.27. The van der Waals surface area contributed by atoms with Crippen molar-refractivity contribution in [3.8, 4) is 5.75 Å². The van der Waals surface area contributed by atoms with E-state index in [9.17, 15) is 9.59 Å². The summed E-state index contributed by atoms with van der Waals surface area (Å²) >= 11 is 6.62. The van der Waals surface area contributed by atoms with Gasteiger partial charge in [-0.15, -0.1) is 0 Å². The van der Waals surface area contributed by atoms with E-state index in [-0.39, 0.29) is 23.6 Å². The number of thioether (sulfide) groups is 1. The summed E-state index contributed by atoms with van der Waals surface area (Å²) in [5.74, 6) is 0.837. The molecule has 34 heavy (non-hydrogen) atoms. The van der Waals surface area contributed by atoms with Crippen LogP contribution in [0.15, 0.2) is 52.3 Å². The molecule has 1 aliphatic rings.